The van der Waals surface area contributed by atoms with Crippen molar-refractivity contribution in [2.24, 2.45) is 5.92 Å². The first-order valence-corrected chi connectivity index (χ1v) is 8.58. The zero-order chi connectivity index (χ0) is 16.1. The second-order valence-corrected chi connectivity index (χ2v) is 6.49. The molecule has 1 N–H and O–H groups in total. The van der Waals surface area contributed by atoms with Gasteiger partial charge in [0.05, 0.1) is 13.2 Å². The van der Waals surface area contributed by atoms with E-state index in [1.165, 1.54) is 25.0 Å². The lowest BCUT2D eigenvalue weighted by Crippen LogP contribution is -2.42. The minimum Gasteiger partial charge on any atom is -0.370 e. The Morgan fingerprint density at radius 1 is 1.33 bits per heavy atom. The molecule has 2 fully saturated rings. The van der Waals surface area contributed by atoms with Gasteiger partial charge < -0.3 is 15.0 Å². The number of morpholine rings is 1. The number of halogens is 2. The van der Waals surface area contributed by atoms with Gasteiger partial charge in [-0.1, -0.05) is 12.1 Å². The smallest absolute Gasteiger partial charge is 0.222 e. The molecule has 0 aliphatic carbocycles. The lowest BCUT2D eigenvalue weighted by molar-refractivity contribution is -0.139. The van der Waals surface area contributed by atoms with E-state index in [-0.39, 0.29) is 30.2 Å². The van der Waals surface area contributed by atoms with Gasteiger partial charge in [-0.25, -0.2) is 4.39 Å². The van der Waals surface area contributed by atoms with Gasteiger partial charge in [0.15, 0.2) is 0 Å². The highest BCUT2D eigenvalue weighted by Gasteiger charge is 2.26. The van der Waals surface area contributed by atoms with E-state index in [4.69, 9.17) is 4.74 Å². The number of carbonyl (C=O) groups excluding carboxylic acids is 1. The quantitative estimate of drug-likeness (QED) is 0.901. The van der Waals surface area contributed by atoms with Crippen LogP contribution in [0.25, 0.3) is 0 Å². The summed E-state index contributed by atoms with van der Waals surface area (Å²) >= 11 is 0. The lowest BCUT2D eigenvalue weighted by atomic mass is 9.93. The van der Waals surface area contributed by atoms with E-state index in [1.54, 1.807) is 6.07 Å². The summed E-state index contributed by atoms with van der Waals surface area (Å²) in [4.78, 5) is 14.3. The molecule has 4 nitrogen and oxygen atoms in total. The van der Waals surface area contributed by atoms with Gasteiger partial charge in [-0.15, -0.1) is 12.4 Å². The van der Waals surface area contributed by atoms with Crippen molar-refractivity contribution >= 4 is 18.3 Å². The van der Waals surface area contributed by atoms with Crippen molar-refractivity contribution in [2.45, 2.75) is 31.8 Å². The van der Waals surface area contributed by atoms with Crippen LogP contribution < -0.4 is 5.32 Å². The van der Waals surface area contributed by atoms with Gasteiger partial charge in [-0.2, -0.15) is 0 Å². The van der Waals surface area contributed by atoms with Crippen LogP contribution in [0.2, 0.25) is 0 Å². The number of hydrogen-bond acceptors (Lipinski definition) is 3. The van der Waals surface area contributed by atoms with Crippen LogP contribution in [0.15, 0.2) is 24.3 Å². The number of rotatable bonds is 4. The van der Waals surface area contributed by atoms with Crippen LogP contribution in [0.4, 0.5) is 4.39 Å². The average molecular weight is 357 g/mol. The summed E-state index contributed by atoms with van der Waals surface area (Å²) < 4.78 is 19.1. The van der Waals surface area contributed by atoms with E-state index >= 15 is 0 Å². The number of ether oxygens (including phenoxy) is 1. The van der Waals surface area contributed by atoms with Gasteiger partial charge in [-0.3, -0.25) is 4.79 Å². The van der Waals surface area contributed by atoms with Gasteiger partial charge in [0.2, 0.25) is 5.91 Å². The van der Waals surface area contributed by atoms with Crippen molar-refractivity contribution in [1.29, 1.82) is 0 Å². The summed E-state index contributed by atoms with van der Waals surface area (Å²) in [5.74, 6) is 0.606. The normalized spacial score (nSPS) is 22.0. The number of piperidine rings is 1. The third kappa shape index (κ3) is 5.16. The molecule has 2 aliphatic rings. The molecule has 134 valence electrons. The van der Waals surface area contributed by atoms with Gasteiger partial charge in [0, 0.05) is 13.0 Å². The summed E-state index contributed by atoms with van der Waals surface area (Å²) in [6.45, 7) is 3.81. The largest absolute Gasteiger partial charge is 0.370 e. The first-order valence-electron chi connectivity index (χ1n) is 8.58. The Morgan fingerprint density at radius 3 is 2.88 bits per heavy atom. The molecule has 1 aromatic carbocycles. The van der Waals surface area contributed by atoms with Crippen molar-refractivity contribution in [3.8, 4) is 0 Å². The molecule has 0 bridgehead atoms. The van der Waals surface area contributed by atoms with Gasteiger partial charge in [-0.05, 0) is 56.0 Å². The number of nitrogens with one attached hydrogen (secondary N) is 1. The van der Waals surface area contributed by atoms with Crippen molar-refractivity contribution in [3.05, 3.63) is 35.6 Å². The molecule has 2 heterocycles. The van der Waals surface area contributed by atoms with Crippen LogP contribution in [-0.4, -0.2) is 43.6 Å². The van der Waals surface area contributed by atoms with Crippen molar-refractivity contribution in [2.75, 3.05) is 32.8 Å². The molecule has 1 aromatic rings. The number of nitrogens with zero attached hydrogens (tertiary/aromatic N) is 1. The Kier molecular flexibility index (Phi) is 7.46. The Labute approximate surface area is 149 Å². The van der Waals surface area contributed by atoms with E-state index in [0.29, 0.717) is 32.0 Å². The van der Waals surface area contributed by atoms with E-state index in [2.05, 4.69) is 5.32 Å². The highest BCUT2D eigenvalue weighted by atomic mass is 35.5. The molecule has 1 unspecified atom stereocenters. The van der Waals surface area contributed by atoms with Crippen LogP contribution in [0.5, 0.6) is 0 Å². The molecule has 24 heavy (non-hydrogen) atoms. The third-order valence-corrected chi connectivity index (χ3v) is 4.86. The number of hydrogen-bond donors (Lipinski definition) is 1. The molecule has 2 saturated heterocycles. The lowest BCUT2D eigenvalue weighted by Gasteiger charge is -2.33. The van der Waals surface area contributed by atoms with Crippen LogP contribution in [0.1, 0.15) is 37.4 Å². The molecular formula is C18H26ClFN2O2. The van der Waals surface area contributed by atoms with Gasteiger partial charge >= 0.3 is 0 Å². The first-order chi connectivity index (χ1) is 11.2. The van der Waals surface area contributed by atoms with E-state index in [1.807, 2.05) is 11.0 Å². The Balaban J connectivity index is 0.00000208. The van der Waals surface area contributed by atoms with Crippen molar-refractivity contribution in [1.82, 2.24) is 10.2 Å². The fraction of sp³-hybridized carbons (Fsp3) is 0.611. The first kappa shape index (κ1) is 19.2. The second-order valence-electron chi connectivity index (χ2n) is 6.49. The summed E-state index contributed by atoms with van der Waals surface area (Å²) in [5.41, 5.74) is 0.806. The summed E-state index contributed by atoms with van der Waals surface area (Å²) in [5, 5.41) is 3.35. The highest BCUT2D eigenvalue weighted by Crippen LogP contribution is 2.24. The predicted molar refractivity (Wildman–Crippen MR) is 93.7 cm³/mol. The molecule has 0 spiro atoms. The van der Waals surface area contributed by atoms with Gasteiger partial charge in [0.25, 0.3) is 0 Å². The van der Waals surface area contributed by atoms with E-state index in [9.17, 15) is 9.18 Å². The van der Waals surface area contributed by atoms with Crippen molar-refractivity contribution in [3.63, 3.8) is 0 Å². The summed E-state index contributed by atoms with van der Waals surface area (Å²) in [7, 11) is 0. The molecule has 0 aromatic heterocycles. The predicted octanol–water partition coefficient (Wildman–Crippen LogP) is 2.93. The monoisotopic (exact) mass is 356 g/mol. The highest BCUT2D eigenvalue weighted by molar-refractivity contribution is 5.85. The minimum atomic E-state index is -0.263. The van der Waals surface area contributed by atoms with Crippen LogP contribution in [-0.2, 0) is 9.53 Å². The van der Waals surface area contributed by atoms with Crippen LogP contribution in [0, 0.1) is 11.7 Å². The SMILES string of the molecule is Cl.O=C(CCC1CCNCC1)N1CCOC(c2cccc(F)c2)C1. The molecule has 0 radical (unpaired) electrons. The Hall–Kier alpha value is -1.17. The van der Waals surface area contributed by atoms with E-state index in [0.717, 1.165) is 25.1 Å². The zero-order valence-corrected chi connectivity index (χ0v) is 14.7. The maximum Gasteiger partial charge on any atom is 0.222 e. The summed E-state index contributed by atoms with van der Waals surface area (Å²) in [6, 6.07) is 6.46. The standard InChI is InChI=1S/C18H25FN2O2.ClH/c19-16-3-1-2-15(12-16)17-13-21(10-11-23-17)18(22)5-4-14-6-8-20-9-7-14;/h1-3,12,14,17,20H,4-11,13H2;1H. The summed E-state index contributed by atoms with van der Waals surface area (Å²) in [6.07, 6.45) is 3.70. The molecule has 6 heteroatoms. The average Bonchev–Trinajstić information content (AvgIpc) is 2.61. The molecule has 1 atom stereocenters. The molecule has 1 amide bonds. The minimum absolute atomic E-state index is 0. The third-order valence-electron chi connectivity index (χ3n) is 4.86. The van der Waals surface area contributed by atoms with Crippen LogP contribution in [0.3, 0.4) is 0 Å². The van der Waals surface area contributed by atoms with E-state index < -0.39 is 0 Å². The number of amides is 1. The zero-order valence-electron chi connectivity index (χ0n) is 13.9. The maximum atomic E-state index is 13.4. The Morgan fingerprint density at radius 2 is 2.12 bits per heavy atom. The van der Waals surface area contributed by atoms with Gasteiger partial charge in [0.1, 0.15) is 11.9 Å². The Bertz CT molecular complexity index is 538. The molecule has 2 aliphatic heterocycles. The van der Waals surface area contributed by atoms with Crippen molar-refractivity contribution < 1.29 is 13.9 Å². The number of carbonyl (C=O) groups is 1. The topological polar surface area (TPSA) is 41.6 Å². The molecule has 3 rings (SSSR count). The maximum absolute atomic E-state index is 13.4. The molecular weight excluding hydrogens is 331 g/mol. The fourth-order valence-corrected chi connectivity index (χ4v) is 3.44. The van der Waals surface area contributed by atoms with Crippen LogP contribution >= 0.6 is 12.4 Å². The number of benzene rings is 1. The molecule has 0 saturated carbocycles. The second kappa shape index (κ2) is 9.35. The fourth-order valence-electron chi connectivity index (χ4n) is 3.44.